The molecule has 1 heterocycles. The fourth-order valence-corrected chi connectivity index (χ4v) is 2.54. The van der Waals surface area contributed by atoms with E-state index in [1.165, 1.54) is 0 Å². The Kier molecular flexibility index (Phi) is 4.36. The van der Waals surface area contributed by atoms with E-state index in [1.54, 1.807) is 0 Å². The van der Waals surface area contributed by atoms with Gasteiger partial charge in [0.05, 0.1) is 22.3 Å². The van der Waals surface area contributed by atoms with Crippen LogP contribution in [0.5, 0.6) is 0 Å². The van der Waals surface area contributed by atoms with Crippen LogP contribution in [0.2, 0.25) is 10.0 Å². The normalized spacial score (nSPS) is 20.8. The van der Waals surface area contributed by atoms with Gasteiger partial charge in [0.15, 0.2) is 0 Å². The Bertz CT molecular complexity index is 380. The second kappa shape index (κ2) is 5.58. The molecule has 0 amide bonds. The molecule has 1 aromatic rings. The Morgan fingerprint density at radius 3 is 2.81 bits per heavy atom. The van der Waals surface area contributed by atoms with Gasteiger partial charge < -0.3 is 10.1 Å². The van der Waals surface area contributed by atoms with Crippen LogP contribution in [0.1, 0.15) is 12.8 Å². The molecule has 1 aliphatic rings. The second-order valence-corrected chi connectivity index (χ2v) is 5.39. The van der Waals surface area contributed by atoms with Crippen molar-refractivity contribution in [3.63, 3.8) is 0 Å². The third kappa shape index (κ3) is 2.83. The molecule has 1 unspecified atom stereocenters. The van der Waals surface area contributed by atoms with Gasteiger partial charge in [-0.25, -0.2) is 0 Å². The van der Waals surface area contributed by atoms with Gasteiger partial charge in [-0.15, -0.1) is 0 Å². The molecule has 0 aromatic heterocycles. The second-order valence-electron chi connectivity index (χ2n) is 3.78. The summed E-state index contributed by atoms with van der Waals surface area (Å²) in [7, 11) is 0. The number of nitrogens with one attached hydrogen (secondary N) is 1. The van der Waals surface area contributed by atoms with E-state index in [0.29, 0.717) is 16.1 Å². The minimum Gasteiger partial charge on any atom is -0.379 e. The topological polar surface area (TPSA) is 21.3 Å². The first-order valence-corrected chi connectivity index (χ1v) is 6.71. The van der Waals surface area contributed by atoms with Gasteiger partial charge in [-0.1, -0.05) is 23.2 Å². The zero-order valence-corrected chi connectivity index (χ0v) is 11.7. The Labute approximate surface area is 113 Å². The summed E-state index contributed by atoms with van der Waals surface area (Å²) >= 11 is 15.5. The van der Waals surface area contributed by atoms with E-state index in [4.69, 9.17) is 27.9 Å². The van der Waals surface area contributed by atoms with Crippen LogP contribution in [0, 0.1) is 0 Å². The summed E-state index contributed by atoms with van der Waals surface area (Å²) in [4.78, 5) is 0. The Hall–Kier alpha value is 0.0400. The molecule has 1 N–H and O–H groups in total. The van der Waals surface area contributed by atoms with Gasteiger partial charge in [0.25, 0.3) is 0 Å². The summed E-state index contributed by atoms with van der Waals surface area (Å²) in [5, 5.41) is 4.46. The molecule has 0 bridgehead atoms. The lowest BCUT2D eigenvalue weighted by atomic mass is 10.1. The quantitative estimate of drug-likeness (QED) is 0.817. The third-order valence-electron chi connectivity index (χ3n) is 2.56. The number of ether oxygens (including phenoxy) is 1. The highest BCUT2D eigenvalue weighted by molar-refractivity contribution is 9.10. The van der Waals surface area contributed by atoms with E-state index in [0.717, 1.165) is 36.2 Å². The lowest BCUT2D eigenvalue weighted by molar-refractivity contribution is 0.0876. The Balaban J connectivity index is 2.11. The van der Waals surface area contributed by atoms with Gasteiger partial charge in [0.2, 0.25) is 0 Å². The van der Waals surface area contributed by atoms with E-state index in [9.17, 15) is 0 Å². The SMILES string of the molecule is Clc1c(Br)ccc(NC2CCCOC2)c1Cl. The van der Waals surface area contributed by atoms with Crippen molar-refractivity contribution in [1.29, 1.82) is 0 Å². The number of hydrogen-bond donors (Lipinski definition) is 1. The molecular weight excluding hydrogens is 313 g/mol. The van der Waals surface area contributed by atoms with Crippen molar-refractivity contribution in [3.8, 4) is 0 Å². The molecule has 2 rings (SSSR count). The molecule has 88 valence electrons. The standard InChI is InChI=1S/C11H12BrCl2NO/c12-8-3-4-9(11(14)10(8)13)15-7-2-1-5-16-6-7/h3-4,7,15H,1-2,5-6H2. The third-order valence-corrected chi connectivity index (χ3v) is 4.33. The van der Waals surface area contributed by atoms with Gasteiger partial charge in [-0.3, -0.25) is 0 Å². The van der Waals surface area contributed by atoms with Crippen LogP contribution in [0.3, 0.4) is 0 Å². The van der Waals surface area contributed by atoms with Crippen molar-refractivity contribution in [2.24, 2.45) is 0 Å². The number of anilines is 1. The maximum absolute atomic E-state index is 6.15. The number of rotatable bonds is 2. The Morgan fingerprint density at radius 1 is 1.31 bits per heavy atom. The zero-order chi connectivity index (χ0) is 11.5. The minimum absolute atomic E-state index is 0.323. The lowest BCUT2D eigenvalue weighted by Crippen LogP contribution is -2.30. The summed E-state index contributed by atoms with van der Waals surface area (Å²) in [5.74, 6) is 0. The van der Waals surface area contributed by atoms with Gasteiger partial charge in [-0.05, 0) is 40.9 Å². The molecule has 16 heavy (non-hydrogen) atoms. The molecule has 0 radical (unpaired) electrons. The van der Waals surface area contributed by atoms with Crippen LogP contribution in [0.25, 0.3) is 0 Å². The van der Waals surface area contributed by atoms with E-state index < -0.39 is 0 Å². The molecule has 1 atom stereocenters. The van der Waals surface area contributed by atoms with Crippen LogP contribution in [0.15, 0.2) is 16.6 Å². The maximum atomic E-state index is 6.15. The first kappa shape index (κ1) is 12.5. The van der Waals surface area contributed by atoms with Crippen molar-refractivity contribution >= 4 is 44.8 Å². The van der Waals surface area contributed by atoms with E-state index >= 15 is 0 Å². The average Bonchev–Trinajstić information content (AvgIpc) is 2.31. The van der Waals surface area contributed by atoms with E-state index in [2.05, 4.69) is 21.2 Å². The first-order chi connectivity index (χ1) is 7.68. The van der Waals surface area contributed by atoms with Crippen LogP contribution in [-0.2, 0) is 4.74 Å². The summed E-state index contributed by atoms with van der Waals surface area (Å²) in [5.41, 5.74) is 0.866. The predicted octanol–water partition coefficient (Wildman–Crippen LogP) is 4.35. The maximum Gasteiger partial charge on any atom is 0.0835 e. The fraction of sp³-hybridized carbons (Fsp3) is 0.455. The Morgan fingerprint density at radius 2 is 2.12 bits per heavy atom. The molecule has 0 aliphatic carbocycles. The van der Waals surface area contributed by atoms with Gasteiger partial charge >= 0.3 is 0 Å². The molecule has 1 saturated heterocycles. The van der Waals surface area contributed by atoms with Crippen LogP contribution < -0.4 is 5.32 Å². The average molecular weight is 325 g/mol. The summed E-state index contributed by atoms with van der Waals surface area (Å²) in [6.45, 7) is 1.58. The van der Waals surface area contributed by atoms with Crippen molar-refractivity contribution in [2.75, 3.05) is 18.5 Å². The van der Waals surface area contributed by atoms with Crippen LogP contribution in [0.4, 0.5) is 5.69 Å². The van der Waals surface area contributed by atoms with Gasteiger partial charge in [-0.2, -0.15) is 0 Å². The van der Waals surface area contributed by atoms with Crippen molar-refractivity contribution < 1.29 is 4.74 Å². The summed E-state index contributed by atoms with van der Waals surface area (Å²) < 4.78 is 6.21. The first-order valence-electron chi connectivity index (χ1n) is 5.16. The van der Waals surface area contributed by atoms with Crippen molar-refractivity contribution in [2.45, 2.75) is 18.9 Å². The molecule has 1 aromatic carbocycles. The highest BCUT2D eigenvalue weighted by Crippen LogP contribution is 2.36. The molecule has 5 heteroatoms. The van der Waals surface area contributed by atoms with Crippen LogP contribution in [-0.4, -0.2) is 19.3 Å². The largest absolute Gasteiger partial charge is 0.379 e. The minimum atomic E-state index is 0.323. The molecule has 1 fully saturated rings. The fourth-order valence-electron chi connectivity index (χ4n) is 1.71. The van der Waals surface area contributed by atoms with Gasteiger partial charge in [0.1, 0.15) is 0 Å². The monoisotopic (exact) mass is 323 g/mol. The van der Waals surface area contributed by atoms with Crippen molar-refractivity contribution in [3.05, 3.63) is 26.7 Å². The molecule has 0 saturated carbocycles. The molecule has 1 aliphatic heterocycles. The number of benzene rings is 1. The summed E-state index contributed by atoms with van der Waals surface area (Å²) in [6, 6.07) is 4.14. The van der Waals surface area contributed by atoms with Crippen molar-refractivity contribution in [1.82, 2.24) is 0 Å². The highest BCUT2D eigenvalue weighted by Gasteiger charge is 2.16. The molecular formula is C11H12BrCl2NO. The zero-order valence-electron chi connectivity index (χ0n) is 8.60. The number of hydrogen-bond acceptors (Lipinski definition) is 2. The highest BCUT2D eigenvalue weighted by atomic mass is 79.9. The van der Waals surface area contributed by atoms with E-state index in [1.807, 2.05) is 12.1 Å². The van der Waals surface area contributed by atoms with E-state index in [-0.39, 0.29) is 0 Å². The molecule has 0 spiro atoms. The van der Waals surface area contributed by atoms with Crippen LogP contribution >= 0.6 is 39.1 Å². The lowest BCUT2D eigenvalue weighted by Gasteiger charge is -2.24. The smallest absolute Gasteiger partial charge is 0.0835 e. The summed E-state index contributed by atoms with van der Waals surface area (Å²) in [6.07, 6.45) is 2.18. The van der Waals surface area contributed by atoms with Gasteiger partial charge in [0, 0.05) is 17.1 Å². The predicted molar refractivity (Wildman–Crippen MR) is 71.6 cm³/mol. The molecule has 2 nitrogen and oxygen atoms in total. The number of halogens is 3.